The minimum absolute atomic E-state index is 0.152. The molecule has 2 aromatic rings. The van der Waals surface area contributed by atoms with Crippen molar-refractivity contribution in [3.63, 3.8) is 0 Å². The molecule has 0 bridgehead atoms. The zero-order chi connectivity index (χ0) is 22.9. The van der Waals surface area contributed by atoms with Crippen LogP contribution < -0.4 is 0 Å². The van der Waals surface area contributed by atoms with Gasteiger partial charge in [0.2, 0.25) is 0 Å². The molecule has 0 aliphatic heterocycles. The molecular formula is C30H40Si. The maximum atomic E-state index is 2.62. The van der Waals surface area contributed by atoms with Gasteiger partial charge in [0.1, 0.15) is 8.07 Å². The molecule has 0 atom stereocenters. The van der Waals surface area contributed by atoms with E-state index in [1.807, 2.05) is 0 Å². The Hall–Kier alpha value is -1.86. The van der Waals surface area contributed by atoms with Gasteiger partial charge in [0.05, 0.1) is 0 Å². The van der Waals surface area contributed by atoms with Crippen molar-refractivity contribution in [3.8, 4) is 0 Å². The Labute approximate surface area is 191 Å². The molecule has 0 N–H and O–H groups in total. The van der Waals surface area contributed by atoms with Crippen molar-refractivity contribution >= 4 is 18.5 Å². The van der Waals surface area contributed by atoms with Crippen LogP contribution in [0.2, 0.25) is 13.1 Å². The zero-order valence-corrected chi connectivity index (χ0v) is 22.4. The van der Waals surface area contributed by atoms with Gasteiger partial charge < -0.3 is 0 Å². The summed E-state index contributed by atoms with van der Waals surface area (Å²) in [7, 11) is -1.93. The highest BCUT2D eigenvalue weighted by molar-refractivity contribution is 7.09. The first-order valence-corrected chi connectivity index (χ1v) is 14.9. The van der Waals surface area contributed by atoms with E-state index in [1.54, 1.807) is 43.8 Å². The Morgan fingerprint density at radius 3 is 1.29 bits per heavy atom. The molecule has 0 radical (unpaired) electrons. The Bertz CT molecular complexity index is 1030. The number of benzene rings is 2. The highest BCUT2D eigenvalue weighted by atomic mass is 28.3. The van der Waals surface area contributed by atoms with Crippen LogP contribution in [0.3, 0.4) is 0 Å². The zero-order valence-electron chi connectivity index (χ0n) is 21.4. The number of hydrogen-bond acceptors (Lipinski definition) is 0. The first-order chi connectivity index (χ1) is 14.2. The summed E-state index contributed by atoms with van der Waals surface area (Å²) in [4.78, 5) is 0. The van der Waals surface area contributed by atoms with Gasteiger partial charge in [-0.3, -0.25) is 0 Å². The van der Waals surface area contributed by atoms with Crippen molar-refractivity contribution in [2.45, 2.75) is 92.2 Å². The highest BCUT2D eigenvalue weighted by Crippen LogP contribution is 2.52. The molecule has 0 spiro atoms. The lowest BCUT2D eigenvalue weighted by molar-refractivity contribution is 0.588. The van der Waals surface area contributed by atoms with Gasteiger partial charge >= 0.3 is 0 Å². The van der Waals surface area contributed by atoms with Crippen molar-refractivity contribution in [2.24, 2.45) is 0 Å². The average Bonchev–Trinajstić information content (AvgIpc) is 3.14. The maximum absolute atomic E-state index is 2.62. The van der Waals surface area contributed by atoms with E-state index in [2.05, 4.69) is 105 Å². The lowest BCUT2D eigenvalue weighted by atomic mass is 9.82. The summed E-state index contributed by atoms with van der Waals surface area (Å²) in [6.45, 7) is 24.3. The van der Waals surface area contributed by atoms with Gasteiger partial charge in [-0.05, 0) is 81.3 Å². The first-order valence-electron chi connectivity index (χ1n) is 11.9. The first kappa shape index (κ1) is 22.3. The molecule has 2 aliphatic rings. The molecule has 164 valence electrons. The third kappa shape index (κ3) is 3.50. The van der Waals surface area contributed by atoms with Gasteiger partial charge in [0, 0.05) is 0 Å². The number of hydrogen-bond donors (Lipinski definition) is 0. The van der Waals surface area contributed by atoms with E-state index in [0.29, 0.717) is 0 Å². The van der Waals surface area contributed by atoms with E-state index < -0.39 is 8.07 Å². The average molecular weight is 429 g/mol. The fourth-order valence-electron chi connectivity index (χ4n) is 6.33. The maximum Gasteiger partial charge on any atom is 0.113 e. The van der Waals surface area contributed by atoms with Gasteiger partial charge in [0.15, 0.2) is 0 Å². The summed E-state index contributed by atoms with van der Waals surface area (Å²) in [6, 6.07) is 14.1. The van der Waals surface area contributed by atoms with E-state index in [4.69, 9.17) is 0 Å². The second kappa shape index (κ2) is 7.07. The van der Waals surface area contributed by atoms with E-state index in [0.717, 1.165) is 12.8 Å². The van der Waals surface area contributed by atoms with Gasteiger partial charge in [-0.15, -0.1) is 0 Å². The van der Waals surface area contributed by atoms with Crippen molar-refractivity contribution in [1.82, 2.24) is 0 Å². The smallest absolute Gasteiger partial charge is 0.0686 e. The lowest BCUT2D eigenvalue weighted by Crippen LogP contribution is -2.33. The fraction of sp³-hybridized carbons (Fsp3) is 0.467. The summed E-state index contributed by atoms with van der Waals surface area (Å²) < 4.78 is 0. The van der Waals surface area contributed by atoms with Crippen LogP contribution in [0.4, 0.5) is 0 Å². The summed E-state index contributed by atoms with van der Waals surface area (Å²) in [6.07, 6.45) is 2.23. The van der Waals surface area contributed by atoms with E-state index in [9.17, 15) is 0 Å². The van der Waals surface area contributed by atoms with Crippen LogP contribution in [0.15, 0.2) is 47.5 Å². The molecule has 4 rings (SSSR count). The van der Waals surface area contributed by atoms with Crippen LogP contribution in [0.25, 0.3) is 10.4 Å². The van der Waals surface area contributed by atoms with Crippen molar-refractivity contribution < 1.29 is 0 Å². The predicted molar refractivity (Wildman–Crippen MR) is 140 cm³/mol. The quantitative estimate of drug-likeness (QED) is 0.421. The number of allylic oxidation sites excluding steroid dienone is 2. The second-order valence-electron chi connectivity index (χ2n) is 12.5. The number of rotatable bonds is 2. The highest BCUT2D eigenvalue weighted by Gasteiger charge is 2.43. The summed E-state index contributed by atoms with van der Waals surface area (Å²) in [5.41, 5.74) is 12.8. The van der Waals surface area contributed by atoms with Crippen LogP contribution in [0.5, 0.6) is 0 Å². The Morgan fingerprint density at radius 1 is 0.613 bits per heavy atom. The molecule has 0 unspecified atom stereocenters. The minimum Gasteiger partial charge on any atom is -0.0686 e. The molecule has 1 heteroatoms. The summed E-state index contributed by atoms with van der Waals surface area (Å²) in [5, 5.41) is 3.41. The topological polar surface area (TPSA) is 0 Å². The number of fused-ring (bicyclic) bond motifs is 2. The molecular weight excluding hydrogens is 388 g/mol. The third-order valence-corrected chi connectivity index (χ3v) is 11.3. The molecule has 31 heavy (non-hydrogen) atoms. The van der Waals surface area contributed by atoms with Gasteiger partial charge in [-0.25, -0.2) is 0 Å². The molecule has 0 aromatic heterocycles. The van der Waals surface area contributed by atoms with Crippen LogP contribution in [0, 0.1) is 0 Å². The van der Waals surface area contributed by atoms with Crippen LogP contribution >= 0.6 is 0 Å². The molecule has 0 amide bonds. The Balaban J connectivity index is 1.97. The SMILES string of the molecule is CC1=C([Si](C)(C)C2=C(C)Cc3cccc(C(C)(C)C)c32)c2c(cccc2C(C)(C)C)C1. The monoisotopic (exact) mass is 428 g/mol. The van der Waals surface area contributed by atoms with E-state index >= 15 is 0 Å². The van der Waals surface area contributed by atoms with Crippen LogP contribution in [-0.2, 0) is 23.7 Å². The van der Waals surface area contributed by atoms with Gasteiger partial charge in [-0.2, -0.15) is 0 Å². The Kier molecular flexibility index (Phi) is 5.09. The summed E-state index contributed by atoms with van der Waals surface area (Å²) >= 11 is 0. The minimum atomic E-state index is -1.93. The molecule has 0 heterocycles. The van der Waals surface area contributed by atoms with E-state index in [-0.39, 0.29) is 10.8 Å². The molecule has 0 saturated heterocycles. The Morgan fingerprint density at radius 2 is 0.968 bits per heavy atom. The van der Waals surface area contributed by atoms with Gasteiger partial charge in [0.25, 0.3) is 0 Å². The fourth-order valence-corrected chi connectivity index (χ4v) is 10.7. The molecule has 2 aliphatic carbocycles. The van der Waals surface area contributed by atoms with Crippen molar-refractivity contribution in [1.29, 1.82) is 0 Å². The molecule has 0 saturated carbocycles. The second-order valence-corrected chi connectivity index (χ2v) is 16.7. The molecule has 2 aromatic carbocycles. The predicted octanol–water partition coefficient (Wildman–Crippen LogP) is 8.43. The summed E-state index contributed by atoms with van der Waals surface area (Å²) in [5.74, 6) is 0. The van der Waals surface area contributed by atoms with E-state index in [1.165, 1.54) is 11.1 Å². The van der Waals surface area contributed by atoms with Crippen LogP contribution in [0.1, 0.15) is 88.8 Å². The molecule has 0 fully saturated rings. The molecule has 0 nitrogen and oxygen atoms in total. The lowest BCUT2D eigenvalue weighted by Gasteiger charge is -2.35. The van der Waals surface area contributed by atoms with Crippen LogP contribution in [-0.4, -0.2) is 8.07 Å². The standard InChI is InChI=1S/C30H40Si/c1-19-17-21-13-11-15-23(29(3,4)5)25(21)27(19)31(9,10)28-20(2)18-22-14-12-16-24(26(22)28)30(6,7)8/h11-16H,17-18H2,1-10H3. The van der Waals surface area contributed by atoms with Crippen molar-refractivity contribution in [3.05, 3.63) is 80.9 Å². The largest absolute Gasteiger partial charge is 0.113 e. The normalized spacial score (nSPS) is 16.8. The van der Waals surface area contributed by atoms with Gasteiger partial charge in [-0.1, -0.05) is 102 Å². The third-order valence-electron chi connectivity index (χ3n) is 7.43. The van der Waals surface area contributed by atoms with Crippen molar-refractivity contribution in [2.75, 3.05) is 0 Å².